The van der Waals surface area contributed by atoms with Crippen molar-refractivity contribution in [3.63, 3.8) is 0 Å². The van der Waals surface area contributed by atoms with Crippen molar-refractivity contribution in [2.24, 2.45) is 0 Å². The summed E-state index contributed by atoms with van der Waals surface area (Å²) in [6.07, 6.45) is 1.78. The lowest BCUT2D eigenvalue weighted by Gasteiger charge is -2.32. The summed E-state index contributed by atoms with van der Waals surface area (Å²) in [6, 6.07) is 20.9. The third kappa shape index (κ3) is 3.22. The average Bonchev–Trinajstić information content (AvgIpc) is 3.06. The van der Waals surface area contributed by atoms with E-state index in [1.54, 1.807) is 0 Å². The number of amides is 2. The number of halogens is 2. The molecule has 0 saturated carbocycles. The lowest BCUT2D eigenvalue weighted by molar-refractivity contribution is -0.120. The molecule has 0 radical (unpaired) electrons. The van der Waals surface area contributed by atoms with Crippen LogP contribution in [0, 0.1) is 5.82 Å². The van der Waals surface area contributed by atoms with E-state index in [9.17, 15) is 14.0 Å². The zero-order valence-corrected chi connectivity index (χ0v) is 17.3. The van der Waals surface area contributed by atoms with Crippen LogP contribution in [0.15, 0.2) is 78.5 Å². The minimum atomic E-state index is -0.606. The van der Waals surface area contributed by atoms with Crippen molar-refractivity contribution in [1.82, 2.24) is 0 Å². The highest BCUT2D eigenvalue weighted by Gasteiger charge is 2.43. The van der Waals surface area contributed by atoms with Crippen LogP contribution in [0.5, 0.6) is 0 Å². The molecule has 3 aromatic carbocycles. The summed E-state index contributed by atoms with van der Waals surface area (Å²) in [6.45, 7) is 0.625. The van der Waals surface area contributed by atoms with Gasteiger partial charge in [0.25, 0.3) is 11.8 Å². The first-order valence-corrected chi connectivity index (χ1v) is 10.4. The Bertz CT molecular complexity index is 1240. The maximum absolute atomic E-state index is 13.7. The van der Waals surface area contributed by atoms with Crippen LogP contribution >= 0.6 is 11.6 Å². The number of hydrogen-bond donors (Lipinski definition) is 0. The fourth-order valence-corrected chi connectivity index (χ4v) is 4.43. The van der Waals surface area contributed by atoms with Crippen LogP contribution in [0.2, 0.25) is 5.02 Å². The molecule has 2 amide bonds. The minimum absolute atomic E-state index is 0.142. The summed E-state index contributed by atoms with van der Waals surface area (Å²) >= 11 is 5.94. The van der Waals surface area contributed by atoms with Crippen molar-refractivity contribution in [1.29, 1.82) is 0 Å². The number of anilines is 2. The van der Waals surface area contributed by atoms with Gasteiger partial charge in [0.1, 0.15) is 11.5 Å². The van der Waals surface area contributed by atoms with Crippen LogP contribution < -0.4 is 9.80 Å². The Hall–Kier alpha value is -3.44. The van der Waals surface area contributed by atoms with E-state index in [1.165, 1.54) is 12.1 Å². The molecule has 31 heavy (non-hydrogen) atoms. The van der Waals surface area contributed by atoms with Gasteiger partial charge in [-0.25, -0.2) is 9.29 Å². The molecule has 3 aromatic rings. The fourth-order valence-electron chi connectivity index (χ4n) is 4.26. The van der Waals surface area contributed by atoms with E-state index in [1.807, 2.05) is 59.5 Å². The van der Waals surface area contributed by atoms with Gasteiger partial charge in [0, 0.05) is 12.2 Å². The van der Waals surface area contributed by atoms with E-state index in [0.29, 0.717) is 23.4 Å². The molecule has 2 aliphatic rings. The lowest BCUT2D eigenvalue weighted by Crippen LogP contribution is -2.37. The molecule has 0 spiro atoms. The van der Waals surface area contributed by atoms with Crippen LogP contribution in [0.3, 0.4) is 0 Å². The molecule has 5 rings (SSSR count). The smallest absolute Gasteiger partial charge is 0.282 e. The van der Waals surface area contributed by atoms with Gasteiger partial charge in [0.15, 0.2) is 0 Å². The van der Waals surface area contributed by atoms with Gasteiger partial charge < -0.3 is 4.90 Å². The quantitative estimate of drug-likeness (QED) is 0.533. The van der Waals surface area contributed by atoms with E-state index >= 15 is 0 Å². The number of fused-ring (bicyclic) bond motifs is 1. The van der Waals surface area contributed by atoms with Gasteiger partial charge in [0.05, 0.1) is 16.3 Å². The van der Waals surface area contributed by atoms with Crippen LogP contribution in [0.4, 0.5) is 15.8 Å². The molecule has 154 valence electrons. The summed E-state index contributed by atoms with van der Waals surface area (Å²) < 4.78 is 13.7. The van der Waals surface area contributed by atoms with E-state index in [4.69, 9.17) is 11.6 Å². The highest BCUT2D eigenvalue weighted by molar-refractivity contribution is 6.46. The third-order valence-electron chi connectivity index (χ3n) is 5.66. The van der Waals surface area contributed by atoms with Crippen molar-refractivity contribution in [2.75, 3.05) is 16.3 Å². The first kappa shape index (κ1) is 19.5. The van der Waals surface area contributed by atoms with Crippen LogP contribution in [0.1, 0.15) is 17.5 Å². The fraction of sp³-hybridized carbons (Fsp3) is 0.120. The lowest BCUT2D eigenvalue weighted by atomic mass is 9.98. The molecule has 0 saturated heterocycles. The molecule has 0 atom stereocenters. The number of benzene rings is 3. The van der Waals surface area contributed by atoms with Gasteiger partial charge in [-0.3, -0.25) is 9.59 Å². The molecular formula is C25H18ClFN2O2. The number of hydrogen-bond acceptors (Lipinski definition) is 3. The molecule has 0 aromatic heterocycles. The Balaban J connectivity index is 1.69. The maximum Gasteiger partial charge on any atom is 0.282 e. The van der Waals surface area contributed by atoms with Gasteiger partial charge in [-0.2, -0.15) is 0 Å². The molecule has 0 bridgehead atoms. The van der Waals surface area contributed by atoms with Gasteiger partial charge in [0.2, 0.25) is 0 Å². The van der Waals surface area contributed by atoms with Crippen molar-refractivity contribution in [2.45, 2.75) is 12.8 Å². The monoisotopic (exact) mass is 432 g/mol. The molecule has 4 nitrogen and oxygen atoms in total. The van der Waals surface area contributed by atoms with Gasteiger partial charge in [-0.15, -0.1) is 0 Å². The summed E-state index contributed by atoms with van der Waals surface area (Å²) in [5, 5.41) is -0.142. The first-order valence-electron chi connectivity index (χ1n) is 10.1. The second-order valence-electron chi connectivity index (χ2n) is 7.52. The number of rotatable bonds is 3. The molecule has 2 aliphatic heterocycles. The van der Waals surface area contributed by atoms with E-state index in [2.05, 4.69) is 0 Å². The Morgan fingerprint density at radius 2 is 1.61 bits per heavy atom. The Morgan fingerprint density at radius 3 is 2.39 bits per heavy atom. The molecule has 2 heterocycles. The van der Waals surface area contributed by atoms with Crippen molar-refractivity contribution in [3.05, 3.63) is 100 Å². The summed E-state index contributed by atoms with van der Waals surface area (Å²) in [5.41, 5.74) is 3.64. The minimum Gasteiger partial charge on any atom is -0.336 e. The predicted octanol–water partition coefficient (Wildman–Crippen LogP) is 5.22. The van der Waals surface area contributed by atoms with Crippen LogP contribution in [0.25, 0.3) is 5.57 Å². The normalized spacial score (nSPS) is 16.2. The molecule has 6 heteroatoms. The number of carbonyl (C=O) groups excluding carboxylic acids is 2. The zero-order chi connectivity index (χ0) is 21.5. The second kappa shape index (κ2) is 7.67. The van der Waals surface area contributed by atoms with E-state index < -0.39 is 17.6 Å². The number of imide groups is 1. The number of aryl methyl sites for hydroxylation is 1. The van der Waals surface area contributed by atoms with E-state index in [-0.39, 0.29) is 10.7 Å². The van der Waals surface area contributed by atoms with Crippen molar-refractivity contribution < 1.29 is 14.0 Å². The SMILES string of the molecule is O=C1C(c2ccccc2)=C(N2CCCc3ccccc32)C(=O)N1c1ccc(F)c(Cl)c1. The number of nitrogens with zero attached hydrogens (tertiary/aromatic N) is 2. The molecular weight excluding hydrogens is 415 g/mol. The average molecular weight is 433 g/mol. The summed E-state index contributed by atoms with van der Waals surface area (Å²) in [7, 11) is 0. The van der Waals surface area contributed by atoms with Crippen molar-refractivity contribution >= 4 is 40.4 Å². The Labute approximate surface area is 184 Å². The van der Waals surface area contributed by atoms with Crippen LogP contribution in [-0.4, -0.2) is 18.4 Å². The zero-order valence-electron chi connectivity index (χ0n) is 16.5. The van der Waals surface area contributed by atoms with Gasteiger partial charge in [-0.1, -0.05) is 60.1 Å². The standard InChI is InChI=1S/C25H18ClFN2O2/c26-19-15-18(12-13-20(19)27)29-24(30)22(17-8-2-1-3-9-17)23(25(29)31)28-14-6-10-16-7-4-5-11-21(16)28/h1-5,7-9,11-13,15H,6,10,14H2. The molecule has 0 aliphatic carbocycles. The third-order valence-corrected chi connectivity index (χ3v) is 5.95. The molecule has 0 N–H and O–H groups in total. The topological polar surface area (TPSA) is 40.6 Å². The molecule has 0 fully saturated rings. The van der Waals surface area contributed by atoms with E-state index in [0.717, 1.165) is 35.1 Å². The highest BCUT2D eigenvalue weighted by atomic mass is 35.5. The van der Waals surface area contributed by atoms with Gasteiger partial charge in [-0.05, 0) is 48.2 Å². The number of para-hydroxylation sites is 1. The van der Waals surface area contributed by atoms with Crippen molar-refractivity contribution in [3.8, 4) is 0 Å². The maximum atomic E-state index is 13.7. The Kier molecular flexibility index (Phi) is 4.83. The largest absolute Gasteiger partial charge is 0.336 e. The number of carbonyl (C=O) groups is 2. The van der Waals surface area contributed by atoms with Crippen LogP contribution in [-0.2, 0) is 16.0 Å². The summed E-state index contributed by atoms with van der Waals surface area (Å²) in [4.78, 5) is 30.3. The molecule has 0 unspecified atom stereocenters. The highest BCUT2D eigenvalue weighted by Crippen LogP contribution is 2.39. The summed E-state index contributed by atoms with van der Waals surface area (Å²) in [5.74, 6) is -1.49. The predicted molar refractivity (Wildman–Crippen MR) is 119 cm³/mol. The first-order chi connectivity index (χ1) is 15.1. The second-order valence-corrected chi connectivity index (χ2v) is 7.92. The van der Waals surface area contributed by atoms with Gasteiger partial charge >= 0.3 is 0 Å². The Morgan fingerprint density at radius 1 is 0.871 bits per heavy atom.